The smallest absolute Gasteiger partial charge is 0.153 e. The Morgan fingerprint density at radius 2 is 2.06 bits per heavy atom. The quantitative estimate of drug-likeness (QED) is 0.798. The first-order chi connectivity index (χ1) is 8.68. The molecule has 0 aliphatic rings. The number of para-hydroxylation sites is 1. The molecule has 0 saturated carbocycles. The number of hydrogen-bond acceptors (Lipinski definition) is 3. The van der Waals surface area contributed by atoms with E-state index in [0.717, 1.165) is 30.5 Å². The highest BCUT2D eigenvalue weighted by atomic mass is 16.5. The Hall–Kier alpha value is -1.55. The number of nitrogens with zero attached hydrogens (tertiary/aromatic N) is 2. The molecule has 0 saturated heterocycles. The molecule has 4 nitrogen and oxygen atoms in total. The van der Waals surface area contributed by atoms with Crippen molar-refractivity contribution in [3.63, 3.8) is 0 Å². The van der Waals surface area contributed by atoms with Crippen LogP contribution >= 0.6 is 0 Å². The lowest BCUT2D eigenvalue weighted by atomic mass is 10.1. The molecule has 0 unspecified atom stereocenters. The van der Waals surface area contributed by atoms with Crippen molar-refractivity contribution in [1.29, 1.82) is 0 Å². The van der Waals surface area contributed by atoms with Crippen LogP contribution < -0.4 is 5.73 Å². The number of aromatic nitrogens is 2. The molecule has 2 rings (SSSR count). The third-order valence-corrected chi connectivity index (χ3v) is 2.97. The second kappa shape index (κ2) is 5.87. The fourth-order valence-corrected chi connectivity index (χ4v) is 1.90. The highest BCUT2D eigenvalue weighted by Gasteiger charge is 2.06. The molecule has 0 spiro atoms. The maximum Gasteiger partial charge on any atom is 0.153 e. The molecule has 2 aromatic rings. The predicted octanol–water partition coefficient (Wildman–Crippen LogP) is 2.68. The van der Waals surface area contributed by atoms with Crippen LogP contribution in [0, 0.1) is 5.92 Å². The largest absolute Gasteiger partial charge is 0.382 e. The van der Waals surface area contributed by atoms with E-state index in [1.807, 2.05) is 28.9 Å². The normalized spacial score (nSPS) is 11.5. The third-order valence-electron chi connectivity index (χ3n) is 2.97. The summed E-state index contributed by atoms with van der Waals surface area (Å²) in [5.41, 5.74) is 6.95. The number of anilines is 1. The Labute approximate surface area is 108 Å². The van der Waals surface area contributed by atoms with E-state index in [1.54, 1.807) is 0 Å². The fraction of sp³-hybridized carbons (Fsp3) is 0.500. The molecule has 4 heteroatoms. The Morgan fingerprint density at radius 3 is 2.83 bits per heavy atom. The average molecular weight is 247 g/mol. The summed E-state index contributed by atoms with van der Waals surface area (Å²) in [6.45, 7) is 6.64. The van der Waals surface area contributed by atoms with Gasteiger partial charge in [-0.3, -0.25) is 4.68 Å². The summed E-state index contributed by atoms with van der Waals surface area (Å²) in [4.78, 5) is 0. The van der Waals surface area contributed by atoms with E-state index in [2.05, 4.69) is 18.9 Å². The van der Waals surface area contributed by atoms with Crippen LogP contribution in [0.25, 0.3) is 10.9 Å². The zero-order valence-corrected chi connectivity index (χ0v) is 11.1. The molecule has 18 heavy (non-hydrogen) atoms. The van der Waals surface area contributed by atoms with Gasteiger partial charge < -0.3 is 10.5 Å². The van der Waals surface area contributed by atoms with Gasteiger partial charge in [0.25, 0.3) is 0 Å². The highest BCUT2D eigenvalue weighted by Crippen LogP contribution is 2.19. The number of rotatable bonds is 6. The van der Waals surface area contributed by atoms with Crippen LogP contribution in [0.3, 0.4) is 0 Å². The molecule has 0 aliphatic carbocycles. The number of ether oxygens (including phenoxy) is 1. The van der Waals surface area contributed by atoms with Gasteiger partial charge in [-0.15, -0.1) is 0 Å². The van der Waals surface area contributed by atoms with E-state index < -0.39 is 0 Å². The van der Waals surface area contributed by atoms with Crippen LogP contribution in [0.15, 0.2) is 24.3 Å². The molecule has 1 aromatic carbocycles. The lowest BCUT2D eigenvalue weighted by Gasteiger charge is -2.07. The van der Waals surface area contributed by atoms with Crippen molar-refractivity contribution in [3.05, 3.63) is 24.3 Å². The van der Waals surface area contributed by atoms with Gasteiger partial charge in [-0.25, -0.2) is 0 Å². The number of nitrogen functional groups attached to an aromatic ring is 1. The molecule has 0 aliphatic heterocycles. The lowest BCUT2D eigenvalue weighted by Crippen LogP contribution is -2.09. The minimum atomic E-state index is 0.591. The third kappa shape index (κ3) is 3.01. The van der Waals surface area contributed by atoms with Gasteiger partial charge in [-0.2, -0.15) is 5.10 Å². The van der Waals surface area contributed by atoms with Crippen LogP contribution in [0.1, 0.15) is 20.3 Å². The maximum absolute atomic E-state index is 5.87. The van der Waals surface area contributed by atoms with Crippen LogP contribution in [-0.4, -0.2) is 23.0 Å². The maximum atomic E-state index is 5.87. The van der Waals surface area contributed by atoms with Crippen LogP contribution in [0.5, 0.6) is 0 Å². The Morgan fingerprint density at radius 1 is 1.28 bits per heavy atom. The van der Waals surface area contributed by atoms with E-state index in [1.165, 1.54) is 0 Å². The SMILES string of the molecule is CC(C)CCOCCn1nc(N)c2ccccc21. The monoisotopic (exact) mass is 247 g/mol. The Bertz CT molecular complexity index is 505. The summed E-state index contributed by atoms with van der Waals surface area (Å²) in [5, 5.41) is 5.35. The van der Waals surface area contributed by atoms with Crippen LogP contribution in [0.2, 0.25) is 0 Å². The van der Waals surface area contributed by atoms with Crippen LogP contribution in [0.4, 0.5) is 5.82 Å². The van der Waals surface area contributed by atoms with Crippen molar-refractivity contribution >= 4 is 16.7 Å². The summed E-state index contributed by atoms with van der Waals surface area (Å²) in [6.07, 6.45) is 1.10. The Kier molecular flexibility index (Phi) is 4.20. The average Bonchev–Trinajstić information content (AvgIpc) is 2.66. The minimum Gasteiger partial charge on any atom is -0.382 e. The number of nitrogens with two attached hydrogens (primary N) is 1. The molecular weight excluding hydrogens is 226 g/mol. The first-order valence-electron chi connectivity index (χ1n) is 6.47. The second-order valence-electron chi connectivity index (χ2n) is 4.92. The van der Waals surface area contributed by atoms with Crippen molar-refractivity contribution in [2.24, 2.45) is 5.92 Å². The molecule has 1 heterocycles. The summed E-state index contributed by atoms with van der Waals surface area (Å²) in [7, 11) is 0. The van der Waals surface area contributed by atoms with E-state index in [-0.39, 0.29) is 0 Å². The number of fused-ring (bicyclic) bond motifs is 1. The van der Waals surface area contributed by atoms with Gasteiger partial charge >= 0.3 is 0 Å². The van der Waals surface area contributed by atoms with Gasteiger partial charge in [0.15, 0.2) is 5.82 Å². The molecule has 0 radical (unpaired) electrons. The molecular formula is C14H21N3O. The summed E-state index contributed by atoms with van der Waals surface area (Å²) >= 11 is 0. The molecule has 1 aromatic heterocycles. The van der Waals surface area contributed by atoms with Crippen LogP contribution in [-0.2, 0) is 11.3 Å². The number of benzene rings is 1. The standard InChI is InChI=1S/C14H21N3O/c1-11(2)7-9-18-10-8-17-13-6-4-3-5-12(13)14(15)16-17/h3-6,11H,7-10H2,1-2H3,(H2,15,16). The molecule has 0 bridgehead atoms. The van der Waals surface area contributed by atoms with Gasteiger partial charge in [0.05, 0.1) is 18.7 Å². The second-order valence-corrected chi connectivity index (χ2v) is 4.92. The Balaban J connectivity index is 1.92. The zero-order chi connectivity index (χ0) is 13.0. The minimum absolute atomic E-state index is 0.591. The number of hydrogen-bond donors (Lipinski definition) is 1. The topological polar surface area (TPSA) is 53.1 Å². The molecule has 0 atom stereocenters. The van der Waals surface area contributed by atoms with Crippen molar-refractivity contribution < 1.29 is 4.74 Å². The molecule has 98 valence electrons. The van der Waals surface area contributed by atoms with Crippen molar-refractivity contribution in [2.75, 3.05) is 18.9 Å². The zero-order valence-electron chi connectivity index (χ0n) is 11.1. The van der Waals surface area contributed by atoms with Gasteiger partial charge in [0.2, 0.25) is 0 Å². The van der Waals surface area contributed by atoms with Gasteiger partial charge in [0, 0.05) is 12.0 Å². The lowest BCUT2D eigenvalue weighted by molar-refractivity contribution is 0.115. The van der Waals surface area contributed by atoms with Gasteiger partial charge in [-0.05, 0) is 24.5 Å². The summed E-state index contributed by atoms with van der Waals surface area (Å²) in [5.74, 6) is 1.28. The summed E-state index contributed by atoms with van der Waals surface area (Å²) in [6, 6.07) is 8.00. The molecule has 0 fully saturated rings. The van der Waals surface area contributed by atoms with E-state index in [4.69, 9.17) is 10.5 Å². The molecule has 0 amide bonds. The first kappa shape index (κ1) is 12.9. The van der Waals surface area contributed by atoms with Crippen molar-refractivity contribution in [3.8, 4) is 0 Å². The summed E-state index contributed by atoms with van der Waals surface area (Å²) < 4.78 is 7.52. The van der Waals surface area contributed by atoms with Crippen molar-refractivity contribution in [1.82, 2.24) is 9.78 Å². The first-order valence-corrected chi connectivity index (χ1v) is 6.47. The van der Waals surface area contributed by atoms with Gasteiger partial charge in [0.1, 0.15) is 0 Å². The highest BCUT2D eigenvalue weighted by molar-refractivity contribution is 5.88. The molecule has 2 N–H and O–H groups in total. The van der Waals surface area contributed by atoms with Crippen molar-refractivity contribution in [2.45, 2.75) is 26.8 Å². The van der Waals surface area contributed by atoms with E-state index in [0.29, 0.717) is 18.3 Å². The van der Waals surface area contributed by atoms with E-state index in [9.17, 15) is 0 Å². The van der Waals surface area contributed by atoms with E-state index >= 15 is 0 Å². The predicted molar refractivity (Wildman–Crippen MR) is 74.4 cm³/mol. The fourth-order valence-electron chi connectivity index (χ4n) is 1.90. The van der Waals surface area contributed by atoms with Gasteiger partial charge in [-0.1, -0.05) is 26.0 Å².